The van der Waals surface area contributed by atoms with E-state index >= 15 is 0 Å². The summed E-state index contributed by atoms with van der Waals surface area (Å²) in [4.78, 5) is 11.5. The fourth-order valence-corrected chi connectivity index (χ4v) is 1.32. The third kappa shape index (κ3) is 3.66. The molecule has 0 aromatic heterocycles. The number of benzene rings is 1. The second-order valence-electron chi connectivity index (χ2n) is 4.37. The molecule has 2 N–H and O–H groups in total. The fourth-order valence-electron chi connectivity index (χ4n) is 1.32. The van der Waals surface area contributed by atoms with Crippen molar-refractivity contribution in [1.29, 1.82) is 0 Å². The maximum Gasteiger partial charge on any atom is 0.323 e. The lowest BCUT2D eigenvalue weighted by molar-refractivity contribution is -0.147. The van der Waals surface area contributed by atoms with Crippen molar-refractivity contribution in [2.45, 2.75) is 33.4 Å². The maximum absolute atomic E-state index is 11.5. The van der Waals surface area contributed by atoms with E-state index in [9.17, 15) is 4.79 Å². The first-order chi connectivity index (χ1) is 7.50. The number of hydrogen-bond acceptors (Lipinski definition) is 3. The van der Waals surface area contributed by atoms with E-state index in [2.05, 4.69) is 0 Å². The van der Waals surface area contributed by atoms with Gasteiger partial charge in [0.2, 0.25) is 0 Å². The topological polar surface area (TPSA) is 52.3 Å². The summed E-state index contributed by atoms with van der Waals surface area (Å²) in [6.07, 6.45) is 0. The molecule has 0 radical (unpaired) electrons. The van der Waals surface area contributed by atoms with Gasteiger partial charge in [-0.15, -0.1) is 0 Å². The lowest BCUT2D eigenvalue weighted by Gasteiger charge is -2.14. The predicted molar refractivity (Wildman–Crippen MR) is 63.8 cm³/mol. The van der Waals surface area contributed by atoms with Gasteiger partial charge in [-0.1, -0.05) is 43.7 Å². The van der Waals surface area contributed by atoms with E-state index in [4.69, 9.17) is 10.5 Å². The van der Waals surface area contributed by atoms with Crippen LogP contribution in [0.2, 0.25) is 0 Å². The highest BCUT2D eigenvalue weighted by Gasteiger charge is 2.18. The molecule has 0 bridgehead atoms. The molecule has 0 aliphatic heterocycles. The largest absolute Gasteiger partial charge is 0.460 e. The molecule has 0 aliphatic carbocycles. The van der Waals surface area contributed by atoms with Crippen molar-refractivity contribution < 1.29 is 9.53 Å². The van der Waals surface area contributed by atoms with Gasteiger partial charge in [-0.3, -0.25) is 4.79 Å². The SMILES string of the molecule is Cc1cccc(COC(=O)C(N)C(C)C)c1. The Balaban J connectivity index is 2.49. The summed E-state index contributed by atoms with van der Waals surface area (Å²) in [7, 11) is 0. The van der Waals surface area contributed by atoms with Gasteiger partial charge in [-0.05, 0) is 18.4 Å². The number of esters is 1. The Bertz CT molecular complexity index is 361. The van der Waals surface area contributed by atoms with Gasteiger partial charge in [-0.2, -0.15) is 0 Å². The molecule has 0 saturated carbocycles. The Kier molecular flexibility index (Phi) is 4.50. The van der Waals surface area contributed by atoms with Crippen molar-refractivity contribution in [3.63, 3.8) is 0 Å². The fraction of sp³-hybridized carbons (Fsp3) is 0.462. The van der Waals surface area contributed by atoms with Crippen molar-refractivity contribution in [3.05, 3.63) is 35.4 Å². The molecule has 1 aromatic rings. The summed E-state index contributed by atoms with van der Waals surface area (Å²) < 4.78 is 5.14. The van der Waals surface area contributed by atoms with E-state index in [1.54, 1.807) is 0 Å². The summed E-state index contributed by atoms with van der Waals surface area (Å²) in [6.45, 7) is 6.10. The van der Waals surface area contributed by atoms with Crippen LogP contribution in [-0.4, -0.2) is 12.0 Å². The number of carbonyl (C=O) groups excluding carboxylic acids is 1. The van der Waals surface area contributed by atoms with Crippen LogP contribution in [-0.2, 0) is 16.1 Å². The van der Waals surface area contributed by atoms with Crippen LogP contribution in [0.3, 0.4) is 0 Å². The zero-order valence-corrected chi connectivity index (χ0v) is 10.1. The minimum Gasteiger partial charge on any atom is -0.460 e. The lowest BCUT2D eigenvalue weighted by atomic mass is 10.1. The first-order valence-electron chi connectivity index (χ1n) is 5.48. The Morgan fingerprint density at radius 1 is 1.44 bits per heavy atom. The number of rotatable bonds is 4. The van der Waals surface area contributed by atoms with Crippen LogP contribution in [0, 0.1) is 12.8 Å². The lowest BCUT2D eigenvalue weighted by Crippen LogP contribution is -2.36. The maximum atomic E-state index is 11.5. The summed E-state index contributed by atoms with van der Waals surface area (Å²) in [5.74, 6) is -0.235. The molecular weight excluding hydrogens is 202 g/mol. The Labute approximate surface area is 96.6 Å². The first kappa shape index (κ1) is 12.7. The van der Waals surface area contributed by atoms with Crippen LogP contribution < -0.4 is 5.73 Å². The van der Waals surface area contributed by atoms with E-state index < -0.39 is 6.04 Å². The molecule has 0 fully saturated rings. The molecule has 3 heteroatoms. The van der Waals surface area contributed by atoms with Crippen molar-refractivity contribution in [1.82, 2.24) is 0 Å². The predicted octanol–water partition coefficient (Wildman–Crippen LogP) is 2.02. The summed E-state index contributed by atoms with van der Waals surface area (Å²) in [5, 5.41) is 0. The monoisotopic (exact) mass is 221 g/mol. The molecule has 1 aromatic carbocycles. The Morgan fingerprint density at radius 3 is 2.69 bits per heavy atom. The zero-order chi connectivity index (χ0) is 12.1. The van der Waals surface area contributed by atoms with Crippen LogP contribution in [0.4, 0.5) is 0 Å². The Morgan fingerprint density at radius 2 is 2.12 bits per heavy atom. The van der Waals surface area contributed by atoms with Crippen molar-refractivity contribution in [3.8, 4) is 0 Å². The molecule has 1 atom stereocenters. The van der Waals surface area contributed by atoms with Gasteiger partial charge < -0.3 is 10.5 Å². The molecule has 0 amide bonds. The number of nitrogens with two attached hydrogens (primary N) is 1. The van der Waals surface area contributed by atoms with Gasteiger partial charge in [0.15, 0.2) is 0 Å². The number of aryl methyl sites for hydroxylation is 1. The average Bonchev–Trinajstić information content (AvgIpc) is 2.24. The van der Waals surface area contributed by atoms with Gasteiger partial charge in [0.05, 0.1) is 0 Å². The minimum absolute atomic E-state index is 0.102. The van der Waals surface area contributed by atoms with Gasteiger partial charge >= 0.3 is 5.97 Å². The highest BCUT2D eigenvalue weighted by atomic mass is 16.5. The summed E-state index contributed by atoms with van der Waals surface area (Å²) in [5.41, 5.74) is 7.82. The van der Waals surface area contributed by atoms with E-state index in [0.717, 1.165) is 11.1 Å². The quantitative estimate of drug-likeness (QED) is 0.791. The molecule has 16 heavy (non-hydrogen) atoms. The van der Waals surface area contributed by atoms with Gasteiger partial charge in [-0.25, -0.2) is 0 Å². The van der Waals surface area contributed by atoms with Crippen LogP contribution in [0.1, 0.15) is 25.0 Å². The molecule has 0 heterocycles. The van der Waals surface area contributed by atoms with Gasteiger partial charge in [0, 0.05) is 0 Å². The first-order valence-corrected chi connectivity index (χ1v) is 5.48. The van der Waals surface area contributed by atoms with Gasteiger partial charge in [0.1, 0.15) is 12.6 Å². The number of ether oxygens (including phenoxy) is 1. The second-order valence-corrected chi connectivity index (χ2v) is 4.37. The molecular formula is C13H19NO2. The van der Waals surface area contributed by atoms with Crippen molar-refractivity contribution in [2.75, 3.05) is 0 Å². The normalized spacial score (nSPS) is 12.6. The molecule has 1 rings (SSSR count). The highest BCUT2D eigenvalue weighted by molar-refractivity contribution is 5.75. The van der Waals surface area contributed by atoms with E-state index in [-0.39, 0.29) is 11.9 Å². The van der Waals surface area contributed by atoms with Gasteiger partial charge in [0.25, 0.3) is 0 Å². The van der Waals surface area contributed by atoms with E-state index in [1.165, 1.54) is 0 Å². The molecule has 1 unspecified atom stereocenters. The van der Waals surface area contributed by atoms with Crippen LogP contribution >= 0.6 is 0 Å². The third-order valence-corrected chi connectivity index (χ3v) is 2.45. The smallest absolute Gasteiger partial charge is 0.323 e. The molecule has 3 nitrogen and oxygen atoms in total. The average molecular weight is 221 g/mol. The van der Waals surface area contributed by atoms with Crippen LogP contribution in [0.25, 0.3) is 0 Å². The van der Waals surface area contributed by atoms with E-state index in [0.29, 0.717) is 6.61 Å². The standard InChI is InChI=1S/C13H19NO2/c1-9(2)12(14)13(15)16-8-11-6-4-5-10(3)7-11/h4-7,9,12H,8,14H2,1-3H3. The van der Waals surface area contributed by atoms with Crippen LogP contribution in [0.15, 0.2) is 24.3 Å². The summed E-state index contributed by atoms with van der Waals surface area (Å²) >= 11 is 0. The molecule has 0 spiro atoms. The molecule has 88 valence electrons. The highest BCUT2D eigenvalue weighted by Crippen LogP contribution is 2.07. The van der Waals surface area contributed by atoms with E-state index in [1.807, 2.05) is 45.0 Å². The van der Waals surface area contributed by atoms with Crippen LogP contribution in [0.5, 0.6) is 0 Å². The number of hydrogen-bond donors (Lipinski definition) is 1. The van der Waals surface area contributed by atoms with Crippen molar-refractivity contribution in [2.24, 2.45) is 11.7 Å². The van der Waals surface area contributed by atoms with Crippen molar-refractivity contribution >= 4 is 5.97 Å². The minimum atomic E-state index is -0.537. The molecule has 0 aliphatic rings. The Hall–Kier alpha value is -1.35. The zero-order valence-electron chi connectivity index (χ0n) is 10.1. The summed E-state index contributed by atoms with van der Waals surface area (Å²) in [6, 6.07) is 7.34. The second kappa shape index (κ2) is 5.66. The number of carbonyl (C=O) groups is 1. The molecule has 0 saturated heterocycles. The third-order valence-electron chi connectivity index (χ3n) is 2.45.